The first-order chi connectivity index (χ1) is 13.8. The summed E-state index contributed by atoms with van der Waals surface area (Å²) in [6, 6.07) is 10.1. The Balaban J connectivity index is 1.56. The first-order valence-corrected chi connectivity index (χ1v) is 9.63. The zero-order valence-corrected chi connectivity index (χ0v) is 17.0. The molecule has 8 heteroatoms. The molecule has 29 heavy (non-hydrogen) atoms. The predicted octanol–water partition coefficient (Wildman–Crippen LogP) is 1.44. The molecule has 8 nitrogen and oxygen atoms in total. The quantitative estimate of drug-likeness (QED) is 0.679. The molecule has 3 rings (SSSR count). The highest BCUT2D eigenvalue weighted by molar-refractivity contribution is 5.93. The largest absolute Gasteiger partial charge is 0.452 e. The summed E-state index contributed by atoms with van der Waals surface area (Å²) in [7, 11) is 1.51. The van der Waals surface area contributed by atoms with Crippen molar-refractivity contribution in [1.29, 1.82) is 0 Å². The monoisotopic (exact) mass is 398 g/mol. The molecular formula is C21H26N4O4. The number of nitrogens with zero attached hydrogens (tertiary/aromatic N) is 3. The van der Waals surface area contributed by atoms with Crippen LogP contribution in [-0.2, 0) is 20.9 Å². The number of esters is 1. The Morgan fingerprint density at radius 3 is 2.55 bits per heavy atom. The van der Waals surface area contributed by atoms with Crippen molar-refractivity contribution in [2.45, 2.75) is 39.3 Å². The number of aromatic nitrogens is 2. The molecule has 1 aromatic heterocycles. The van der Waals surface area contributed by atoms with Crippen molar-refractivity contribution >= 4 is 17.8 Å². The number of carbonyl (C=O) groups is 3. The maximum absolute atomic E-state index is 12.5. The van der Waals surface area contributed by atoms with Gasteiger partial charge in [-0.25, -0.2) is 4.79 Å². The van der Waals surface area contributed by atoms with E-state index in [0.717, 1.165) is 18.4 Å². The molecule has 0 spiro atoms. The highest BCUT2D eigenvalue weighted by Gasteiger charge is 2.25. The van der Waals surface area contributed by atoms with E-state index in [4.69, 9.17) is 4.74 Å². The number of benzene rings is 1. The fraction of sp³-hybridized carbons (Fsp3) is 0.429. The minimum atomic E-state index is -0.594. The Morgan fingerprint density at radius 1 is 1.21 bits per heavy atom. The fourth-order valence-electron chi connectivity index (χ4n) is 3.02. The van der Waals surface area contributed by atoms with Crippen molar-refractivity contribution in [3.05, 3.63) is 52.8 Å². The minimum Gasteiger partial charge on any atom is -0.452 e. The van der Waals surface area contributed by atoms with Gasteiger partial charge in [0.25, 0.3) is 5.91 Å². The maximum Gasteiger partial charge on any atom is 0.342 e. The Labute approximate surface area is 169 Å². The van der Waals surface area contributed by atoms with Gasteiger partial charge >= 0.3 is 5.97 Å². The van der Waals surface area contributed by atoms with Gasteiger partial charge in [-0.1, -0.05) is 30.3 Å². The van der Waals surface area contributed by atoms with E-state index < -0.39 is 18.5 Å². The van der Waals surface area contributed by atoms with E-state index in [1.165, 1.54) is 11.9 Å². The van der Waals surface area contributed by atoms with E-state index in [1.807, 2.05) is 30.3 Å². The molecule has 1 saturated carbocycles. The zero-order valence-electron chi connectivity index (χ0n) is 17.0. The van der Waals surface area contributed by atoms with Crippen LogP contribution in [0, 0.1) is 13.8 Å². The third-order valence-corrected chi connectivity index (χ3v) is 4.84. The predicted molar refractivity (Wildman–Crippen MR) is 106 cm³/mol. The van der Waals surface area contributed by atoms with E-state index in [9.17, 15) is 14.4 Å². The van der Waals surface area contributed by atoms with Gasteiger partial charge in [-0.2, -0.15) is 5.10 Å². The molecule has 154 valence electrons. The van der Waals surface area contributed by atoms with Crippen LogP contribution >= 0.6 is 0 Å². The fourth-order valence-corrected chi connectivity index (χ4v) is 3.02. The highest BCUT2D eigenvalue weighted by Crippen LogP contribution is 2.18. The minimum absolute atomic E-state index is 0.0556. The molecule has 0 radical (unpaired) electrons. The molecule has 1 heterocycles. The van der Waals surface area contributed by atoms with Crippen LogP contribution < -0.4 is 5.32 Å². The van der Waals surface area contributed by atoms with Gasteiger partial charge in [-0.3, -0.25) is 14.3 Å². The van der Waals surface area contributed by atoms with Crippen molar-refractivity contribution in [2.24, 2.45) is 0 Å². The number of hydrogen-bond donors (Lipinski definition) is 1. The summed E-state index contributed by atoms with van der Waals surface area (Å²) in [6.07, 6.45) is 1.97. The molecule has 1 fully saturated rings. The molecule has 1 aliphatic rings. The third-order valence-electron chi connectivity index (χ3n) is 4.84. The molecule has 2 amide bonds. The van der Waals surface area contributed by atoms with Crippen LogP contribution in [0.4, 0.5) is 0 Å². The van der Waals surface area contributed by atoms with Gasteiger partial charge in [-0.05, 0) is 32.3 Å². The number of aryl methyl sites for hydroxylation is 1. The normalized spacial score (nSPS) is 13.1. The Kier molecular flexibility index (Phi) is 6.31. The van der Waals surface area contributed by atoms with Gasteiger partial charge in [0.1, 0.15) is 5.56 Å². The Hall–Kier alpha value is -3.16. The number of carbonyl (C=O) groups excluding carboxylic acids is 3. The highest BCUT2D eigenvalue weighted by atomic mass is 16.5. The van der Waals surface area contributed by atoms with Gasteiger partial charge in [0.2, 0.25) is 5.91 Å². The van der Waals surface area contributed by atoms with Crippen LogP contribution in [0.2, 0.25) is 0 Å². The van der Waals surface area contributed by atoms with Crippen molar-refractivity contribution in [1.82, 2.24) is 20.0 Å². The van der Waals surface area contributed by atoms with Gasteiger partial charge in [-0.15, -0.1) is 0 Å². The van der Waals surface area contributed by atoms with E-state index in [-0.39, 0.29) is 18.5 Å². The van der Waals surface area contributed by atoms with Crippen molar-refractivity contribution < 1.29 is 19.1 Å². The van der Waals surface area contributed by atoms with E-state index in [2.05, 4.69) is 10.4 Å². The molecule has 0 aliphatic heterocycles. The molecule has 2 aromatic rings. The van der Waals surface area contributed by atoms with Crippen LogP contribution in [0.15, 0.2) is 30.3 Å². The number of likely N-dealkylation sites (N-methyl/N-ethyl adjacent to an activating group) is 1. The SMILES string of the molecule is Cc1nn(Cc2ccccc2)c(C)c1C(=O)OCC(=O)N(C)CC(=O)NC1CC1. The van der Waals surface area contributed by atoms with Gasteiger partial charge in [0.15, 0.2) is 6.61 Å². The number of hydrogen-bond acceptors (Lipinski definition) is 5. The van der Waals surface area contributed by atoms with Crippen molar-refractivity contribution in [2.75, 3.05) is 20.2 Å². The van der Waals surface area contributed by atoms with E-state index in [1.54, 1.807) is 18.5 Å². The average Bonchev–Trinajstić information content (AvgIpc) is 3.45. The summed E-state index contributed by atoms with van der Waals surface area (Å²) >= 11 is 0. The summed E-state index contributed by atoms with van der Waals surface area (Å²) in [6.45, 7) is 3.60. The number of rotatable bonds is 8. The molecule has 1 aromatic carbocycles. The lowest BCUT2D eigenvalue weighted by molar-refractivity contribution is -0.137. The van der Waals surface area contributed by atoms with E-state index >= 15 is 0 Å². The molecular weight excluding hydrogens is 372 g/mol. The van der Waals surface area contributed by atoms with Crippen molar-refractivity contribution in [3.63, 3.8) is 0 Å². The Bertz CT molecular complexity index is 903. The smallest absolute Gasteiger partial charge is 0.342 e. The second-order valence-electron chi connectivity index (χ2n) is 7.36. The number of ether oxygens (including phenoxy) is 1. The summed E-state index contributed by atoms with van der Waals surface area (Å²) in [4.78, 5) is 37.7. The summed E-state index contributed by atoms with van der Waals surface area (Å²) in [5.74, 6) is -1.23. The van der Waals surface area contributed by atoms with Crippen LogP contribution in [0.3, 0.4) is 0 Å². The van der Waals surface area contributed by atoms with Gasteiger partial charge in [0.05, 0.1) is 24.5 Å². The molecule has 1 N–H and O–H groups in total. The lowest BCUT2D eigenvalue weighted by atomic mass is 10.2. The summed E-state index contributed by atoms with van der Waals surface area (Å²) in [5.41, 5.74) is 2.66. The second kappa shape index (κ2) is 8.89. The van der Waals surface area contributed by atoms with Crippen LogP contribution in [0.5, 0.6) is 0 Å². The average molecular weight is 398 g/mol. The number of amides is 2. The molecule has 1 aliphatic carbocycles. The van der Waals surface area contributed by atoms with Crippen molar-refractivity contribution in [3.8, 4) is 0 Å². The first kappa shape index (κ1) is 20.6. The molecule has 0 bridgehead atoms. The number of nitrogens with one attached hydrogen (secondary N) is 1. The zero-order chi connectivity index (χ0) is 21.0. The topological polar surface area (TPSA) is 93.5 Å². The van der Waals surface area contributed by atoms with Crippen LogP contribution in [0.25, 0.3) is 0 Å². The van der Waals surface area contributed by atoms with Gasteiger partial charge in [0, 0.05) is 13.1 Å². The standard InChI is InChI=1S/C21H26N4O4/c1-14-20(15(2)25(23-14)11-16-7-5-4-6-8-16)21(28)29-13-19(27)24(3)12-18(26)22-17-9-10-17/h4-8,17H,9-13H2,1-3H3,(H,22,26). The molecule has 0 saturated heterocycles. The third kappa shape index (κ3) is 5.43. The summed E-state index contributed by atoms with van der Waals surface area (Å²) in [5, 5.41) is 7.25. The first-order valence-electron chi connectivity index (χ1n) is 9.63. The van der Waals surface area contributed by atoms with Gasteiger partial charge < -0.3 is 15.0 Å². The molecule has 0 atom stereocenters. The second-order valence-corrected chi connectivity index (χ2v) is 7.36. The van der Waals surface area contributed by atoms with E-state index in [0.29, 0.717) is 23.5 Å². The van der Waals surface area contributed by atoms with Crippen LogP contribution in [0.1, 0.15) is 40.2 Å². The van der Waals surface area contributed by atoms with Crippen LogP contribution in [-0.4, -0.2) is 58.7 Å². The summed E-state index contributed by atoms with van der Waals surface area (Å²) < 4.78 is 6.94. The lowest BCUT2D eigenvalue weighted by Crippen LogP contribution is -2.40. The molecule has 0 unspecified atom stereocenters. The Morgan fingerprint density at radius 2 is 1.90 bits per heavy atom. The maximum atomic E-state index is 12.5. The lowest BCUT2D eigenvalue weighted by Gasteiger charge is -2.16.